The molecule has 0 aliphatic rings. The summed E-state index contributed by atoms with van der Waals surface area (Å²) < 4.78 is 1.89. The quantitative estimate of drug-likeness (QED) is 0.718. The Hall–Kier alpha value is -2.09. The standard InChI is InChI=1S/C12H15N7S/c1-7(2)19-5-8(4-15-19)16-10-9-11(14-6-13-10)17-18-12(9)20-3/h4-7H,1-3H3,(H2,13,14,16,17,18). The van der Waals surface area contributed by atoms with Crippen LogP contribution in [0.5, 0.6) is 0 Å². The summed E-state index contributed by atoms with van der Waals surface area (Å²) in [6.45, 7) is 4.17. The van der Waals surface area contributed by atoms with Crippen molar-refractivity contribution in [2.75, 3.05) is 11.6 Å². The van der Waals surface area contributed by atoms with Gasteiger partial charge >= 0.3 is 0 Å². The van der Waals surface area contributed by atoms with E-state index in [9.17, 15) is 0 Å². The molecule has 0 fully saturated rings. The molecule has 0 aromatic carbocycles. The van der Waals surface area contributed by atoms with E-state index < -0.39 is 0 Å². The van der Waals surface area contributed by atoms with Crippen LogP contribution in [0.2, 0.25) is 0 Å². The second kappa shape index (κ2) is 5.12. The first-order chi connectivity index (χ1) is 9.69. The van der Waals surface area contributed by atoms with Crippen LogP contribution in [0.3, 0.4) is 0 Å². The molecule has 3 rings (SSSR count). The predicted molar refractivity (Wildman–Crippen MR) is 79.4 cm³/mol. The third-order valence-corrected chi connectivity index (χ3v) is 3.59. The Morgan fingerprint density at radius 2 is 2.20 bits per heavy atom. The Labute approximate surface area is 120 Å². The minimum absolute atomic E-state index is 0.326. The fourth-order valence-corrected chi connectivity index (χ4v) is 2.43. The van der Waals surface area contributed by atoms with E-state index in [1.807, 2.05) is 17.1 Å². The van der Waals surface area contributed by atoms with E-state index in [2.05, 4.69) is 44.4 Å². The number of anilines is 2. The fourth-order valence-electron chi connectivity index (χ4n) is 1.90. The minimum atomic E-state index is 0.326. The number of hydrogen-bond donors (Lipinski definition) is 2. The summed E-state index contributed by atoms with van der Waals surface area (Å²) >= 11 is 1.56. The number of H-pyrrole nitrogens is 1. The van der Waals surface area contributed by atoms with Gasteiger partial charge in [0.05, 0.1) is 17.3 Å². The molecule has 8 heteroatoms. The van der Waals surface area contributed by atoms with Gasteiger partial charge in [-0.1, -0.05) is 0 Å². The van der Waals surface area contributed by atoms with Gasteiger partial charge in [0.2, 0.25) is 0 Å². The van der Waals surface area contributed by atoms with Crippen LogP contribution in [0.25, 0.3) is 11.0 Å². The van der Waals surface area contributed by atoms with Crippen LogP contribution < -0.4 is 5.32 Å². The molecule has 0 atom stereocenters. The lowest BCUT2D eigenvalue weighted by Crippen LogP contribution is -2.00. The molecule has 0 radical (unpaired) electrons. The predicted octanol–water partition coefficient (Wildman–Crippen LogP) is 2.60. The van der Waals surface area contributed by atoms with Gasteiger partial charge in [0.15, 0.2) is 5.65 Å². The number of rotatable bonds is 4. The Morgan fingerprint density at radius 1 is 1.35 bits per heavy atom. The van der Waals surface area contributed by atoms with Gasteiger partial charge < -0.3 is 5.32 Å². The zero-order valence-electron chi connectivity index (χ0n) is 11.5. The normalized spacial score (nSPS) is 11.4. The molecule has 104 valence electrons. The molecule has 3 aromatic rings. The Balaban J connectivity index is 1.99. The molecule has 0 saturated carbocycles. The highest BCUT2D eigenvalue weighted by Crippen LogP contribution is 2.29. The Bertz CT molecular complexity index is 730. The van der Waals surface area contributed by atoms with Crippen LogP contribution in [0.15, 0.2) is 23.7 Å². The van der Waals surface area contributed by atoms with Crippen molar-refractivity contribution in [2.24, 2.45) is 0 Å². The van der Waals surface area contributed by atoms with E-state index in [-0.39, 0.29) is 0 Å². The maximum Gasteiger partial charge on any atom is 0.161 e. The highest BCUT2D eigenvalue weighted by atomic mass is 32.2. The van der Waals surface area contributed by atoms with Crippen molar-refractivity contribution < 1.29 is 0 Å². The average Bonchev–Trinajstić information content (AvgIpc) is 3.05. The number of fused-ring (bicyclic) bond motifs is 1. The maximum absolute atomic E-state index is 4.30. The van der Waals surface area contributed by atoms with Crippen LogP contribution in [0, 0.1) is 0 Å². The number of thioether (sulfide) groups is 1. The van der Waals surface area contributed by atoms with Crippen LogP contribution >= 0.6 is 11.8 Å². The van der Waals surface area contributed by atoms with Gasteiger partial charge in [0.25, 0.3) is 0 Å². The number of nitrogens with zero attached hydrogens (tertiary/aromatic N) is 5. The fraction of sp³-hybridized carbons (Fsp3) is 0.333. The smallest absolute Gasteiger partial charge is 0.161 e. The number of aromatic amines is 1. The van der Waals surface area contributed by atoms with Crippen molar-refractivity contribution in [1.82, 2.24) is 29.9 Å². The summed E-state index contributed by atoms with van der Waals surface area (Å²) in [7, 11) is 0. The molecule has 0 spiro atoms. The van der Waals surface area contributed by atoms with Crippen molar-refractivity contribution >= 4 is 34.3 Å². The summed E-state index contributed by atoms with van der Waals surface area (Å²) in [5.41, 5.74) is 1.62. The van der Waals surface area contributed by atoms with E-state index >= 15 is 0 Å². The number of hydrogen-bond acceptors (Lipinski definition) is 6. The number of aromatic nitrogens is 6. The summed E-state index contributed by atoms with van der Waals surface area (Å²) in [6.07, 6.45) is 7.23. The molecule has 3 aromatic heterocycles. The molecule has 7 nitrogen and oxygen atoms in total. The molecular formula is C12H15N7S. The van der Waals surface area contributed by atoms with Gasteiger partial charge in [-0.15, -0.1) is 11.8 Å². The van der Waals surface area contributed by atoms with Crippen molar-refractivity contribution in [3.05, 3.63) is 18.7 Å². The first-order valence-electron chi connectivity index (χ1n) is 6.23. The SMILES string of the molecule is CSc1n[nH]c2ncnc(Nc3cnn(C(C)C)c3)c12. The van der Waals surface area contributed by atoms with Gasteiger partial charge in [0.1, 0.15) is 17.2 Å². The molecular weight excluding hydrogens is 274 g/mol. The summed E-state index contributed by atoms with van der Waals surface area (Å²) in [5.74, 6) is 0.733. The summed E-state index contributed by atoms with van der Waals surface area (Å²) in [5, 5.41) is 16.5. The molecule has 0 amide bonds. The van der Waals surface area contributed by atoms with Crippen molar-refractivity contribution in [3.63, 3.8) is 0 Å². The van der Waals surface area contributed by atoms with Crippen LogP contribution in [0.4, 0.5) is 11.5 Å². The van der Waals surface area contributed by atoms with Crippen molar-refractivity contribution in [2.45, 2.75) is 24.9 Å². The third-order valence-electron chi connectivity index (χ3n) is 2.91. The van der Waals surface area contributed by atoms with E-state index in [4.69, 9.17) is 0 Å². The molecule has 0 aliphatic carbocycles. The second-order valence-corrected chi connectivity index (χ2v) is 5.40. The zero-order valence-corrected chi connectivity index (χ0v) is 12.3. The molecule has 3 heterocycles. The third kappa shape index (κ3) is 2.22. The molecule has 0 bridgehead atoms. The Kier molecular flexibility index (Phi) is 3.31. The molecule has 0 saturated heterocycles. The van der Waals surface area contributed by atoms with Gasteiger partial charge in [-0.05, 0) is 20.1 Å². The summed E-state index contributed by atoms with van der Waals surface area (Å²) in [4.78, 5) is 8.49. The minimum Gasteiger partial charge on any atom is -0.337 e. The zero-order chi connectivity index (χ0) is 14.1. The average molecular weight is 289 g/mol. The topological polar surface area (TPSA) is 84.3 Å². The Morgan fingerprint density at radius 3 is 2.90 bits per heavy atom. The van der Waals surface area contributed by atoms with Crippen LogP contribution in [0.1, 0.15) is 19.9 Å². The van der Waals surface area contributed by atoms with Gasteiger partial charge in [-0.2, -0.15) is 10.2 Å². The first-order valence-corrected chi connectivity index (χ1v) is 7.45. The van der Waals surface area contributed by atoms with E-state index in [1.54, 1.807) is 18.0 Å². The summed E-state index contributed by atoms with van der Waals surface area (Å²) in [6, 6.07) is 0.326. The van der Waals surface area contributed by atoms with Gasteiger partial charge in [-0.3, -0.25) is 9.78 Å². The van der Waals surface area contributed by atoms with Gasteiger partial charge in [-0.25, -0.2) is 9.97 Å². The number of nitrogens with one attached hydrogen (secondary N) is 2. The largest absolute Gasteiger partial charge is 0.337 e. The van der Waals surface area contributed by atoms with E-state index in [0.717, 1.165) is 27.6 Å². The lowest BCUT2D eigenvalue weighted by Gasteiger charge is -2.05. The highest BCUT2D eigenvalue weighted by molar-refractivity contribution is 7.98. The van der Waals surface area contributed by atoms with E-state index in [0.29, 0.717) is 6.04 Å². The lowest BCUT2D eigenvalue weighted by molar-refractivity contribution is 0.532. The lowest BCUT2D eigenvalue weighted by atomic mass is 10.4. The van der Waals surface area contributed by atoms with Crippen LogP contribution in [-0.2, 0) is 0 Å². The van der Waals surface area contributed by atoms with Crippen molar-refractivity contribution in [1.29, 1.82) is 0 Å². The second-order valence-electron chi connectivity index (χ2n) is 4.61. The molecule has 2 N–H and O–H groups in total. The monoisotopic (exact) mass is 289 g/mol. The van der Waals surface area contributed by atoms with E-state index in [1.165, 1.54) is 6.33 Å². The molecule has 0 unspecified atom stereocenters. The van der Waals surface area contributed by atoms with Crippen molar-refractivity contribution in [3.8, 4) is 0 Å². The maximum atomic E-state index is 4.30. The van der Waals surface area contributed by atoms with Gasteiger partial charge in [0, 0.05) is 12.2 Å². The molecule has 20 heavy (non-hydrogen) atoms. The first kappa shape index (κ1) is 12.9. The van der Waals surface area contributed by atoms with Crippen LogP contribution in [-0.4, -0.2) is 36.2 Å². The highest BCUT2D eigenvalue weighted by Gasteiger charge is 2.13. The molecule has 0 aliphatic heterocycles.